The number of hydrogen-bond acceptors (Lipinski definition) is 2. The molecule has 0 aromatic heterocycles. The number of rotatable bonds is 2. The minimum atomic E-state index is -4.52. The fourth-order valence-electron chi connectivity index (χ4n) is 0.790. The third-order valence-corrected chi connectivity index (χ3v) is 1.49. The van der Waals surface area contributed by atoms with Crippen LogP contribution in [0.15, 0.2) is 0 Å². The van der Waals surface area contributed by atoms with Crippen LogP contribution in [0, 0.1) is 5.41 Å². The van der Waals surface area contributed by atoms with Crippen LogP contribution in [-0.4, -0.2) is 26.2 Å². The van der Waals surface area contributed by atoms with Crippen molar-refractivity contribution < 1.29 is 22.6 Å². The van der Waals surface area contributed by atoms with Crippen LogP contribution in [0.3, 0.4) is 0 Å². The number of hydrogen-bond donors (Lipinski definition) is 0. The van der Waals surface area contributed by atoms with Gasteiger partial charge in [0.15, 0.2) is 0 Å². The highest BCUT2D eigenvalue weighted by Gasteiger charge is 2.39. The number of halogens is 3. The molecule has 2 nitrogen and oxygen atoms in total. The van der Waals surface area contributed by atoms with Gasteiger partial charge in [-0.15, -0.1) is 13.2 Å². The van der Waals surface area contributed by atoms with Gasteiger partial charge in [0.2, 0.25) is 0 Å². The van der Waals surface area contributed by atoms with Crippen molar-refractivity contribution in [3.63, 3.8) is 0 Å². The van der Waals surface area contributed by atoms with Crippen LogP contribution < -0.4 is 0 Å². The van der Waals surface area contributed by atoms with Crippen LogP contribution >= 0.6 is 0 Å². The molecule has 0 N–H and O–H groups in total. The number of alkyl halides is 3. The molecule has 0 spiro atoms. The Balaban J connectivity index is 2.21. The summed E-state index contributed by atoms with van der Waals surface area (Å²) < 4.78 is 42.9. The maximum atomic E-state index is 11.5. The van der Waals surface area contributed by atoms with Gasteiger partial charge in [0, 0.05) is 5.41 Å². The van der Waals surface area contributed by atoms with Gasteiger partial charge in [-0.2, -0.15) is 0 Å². The maximum absolute atomic E-state index is 11.5. The molecule has 5 heteroatoms. The smallest absolute Gasteiger partial charge is 0.380 e. The van der Waals surface area contributed by atoms with Crippen molar-refractivity contribution in [2.24, 2.45) is 5.41 Å². The van der Waals surface area contributed by atoms with E-state index in [0.29, 0.717) is 13.2 Å². The first-order valence-corrected chi connectivity index (χ1v) is 3.20. The van der Waals surface area contributed by atoms with Crippen LogP contribution in [0.25, 0.3) is 0 Å². The van der Waals surface area contributed by atoms with Crippen LogP contribution in [-0.2, 0) is 9.47 Å². The molecule has 0 amide bonds. The minimum absolute atomic E-state index is 0.309. The zero-order valence-electron chi connectivity index (χ0n) is 6.07. The molecule has 0 aromatic carbocycles. The Hall–Kier alpha value is -0.290. The molecule has 66 valence electrons. The molecule has 0 saturated carbocycles. The predicted molar refractivity (Wildman–Crippen MR) is 30.9 cm³/mol. The Labute approximate surface area is 62.3 Å². The Morgan fingerprint density at radius 1 is 1.45 bits per heavy atom. The molecule has 0 unspecified atom stereocenters. The highest BCUT2D eigenvalue weighted by atomic mass is 19.4. The second-order valence-electron chi connectivity index (χ2n) is 3.04. The van der Waals surface area contributed by atoms with E-state index in [2.05, 4.69) is 4.74 Å². The summed E-state index contributed by atoms with van der Waals surface area (Å²) in [6.45, 7) is 2.09. The molecular weight excluding hydrogens is 161 g/mol. The first-order valence-electron chi connectivity index (χ1n) is 3.20. The second-order valence-corrected chi connectivity index (χ2v) is 3.04. The summed E-state index contributed by atoms with van der Waals surface area (Å²) in [6.07, 6.45) is -4.52. The summed E-state index contributed by atoms with van der Waals surface area (Å²) in [5, 5.41) is 0. The first-order chi connectivity index (χ1) is 4.91. The van der Waals surface area contributed by atoms with Crippen molar-refractivity contribution in [3.05, 3.63) is 0 Å². The van der Waals surface area contributed by atoms with E-state index in [-0.39, 0.29) is 6.61 Å². The van der Waals surface area contributed by atoms with Crippen LogP contribution in [0.4, 0.5) is 13.2 Å². The molecule has 1 heterocycles. The van der Waals surface area contributed by atoms with E-state index >= 15 is 0 Å². The largest absolute Gasteiger partial charge is 0.522 e. The molecule has 1 fully saturated rings. The quantitative estimate of drug-likeness (QED) is 0.626. The van der Waals surface area contributed by atoms with Gasteiger partial charge in [-0.3, -0.25) is 4.74 Å². The van der Waals surface area contributed by atoms with Gasteiger partial charge in [0.1, 0.15) is 0 Å². The third kappa shape index (κ3) is 2.67. The van der Waals surface area contributed by atoms with Crippen LogP contribution in [0.1, 0.15) is 6.92 Å². The summed E-state index contributed by atoms with van der Waals surface area (Å²) in [5.41, 5.74) is -0.435. The monoisotopic (exact) mass is 170 g/mol. The van der Waals surface area contributed by atoms with Gasteiger partial charge in [-0.05, 0) is 0 Å². The average molecular weight is 170 g/mol. The summed E-state index contributed by atoms with van der Waals surface area (Å²) in [4.78, 5) is 0. The van der Waals surface area contributed by atoms with Gasteiger partial charge in [0.05, 0.1) is 19.8 Å². The van der Waals surface area contributed by atoms with Crippen molar-refractivity contribution in [1.82, 2.24) is 0 Å². The summed E-state index contributed by atoms with van der Waals surface area (Å²) in [5.74, 6) is 0. The fourth-order valence-corrected chi connectivity index (χ4v) is 0.790. The van der Waals surface area contributed by atoms with Crippen molar-refractivity contribution >= 4 is 0 Å². The van der Waals surface area contributed by atoms with E-state index < -0.39 is 11.8 Å². The molecule has 0 radical (unpaired) electrons. The van der Waals surface area contributed by atoms with Gasteiger partial charge in [-0.25, -0.2) is 0 Å². The van der Waals surface area contributed by atoms with Crippen molar-refractivity contribution in [2.45, 2.75) is 13.3 Å². The molecule has 0 aliphatic carbocycles. The van der Waals surface area contributed by atoms with E-state index in [1.165, 1.54) is 0 Å². The van der Waals surface area contributed by atoms with E-state index in [1.54, 1.807) is 6.92 Å². The van der Waals surface area contributed by atoms with Gasteiger partial charge >= 0.3 is 6.36 Å². The normalized spacial score (nSPS) is 22.9. The Morgan fingerprint density at radius 2 is 2.00 bits per heavy atom. The summed E-state index contributed by atoms with van der Waals surface area (Å²) >= 11 is 0. The standard InChI is InChI=1S/C6H9F3O2/c1-5(2-10-3-5)4-11-6(7,8)9/h2-4H2,1H3. The predicted octanol–water partition coefficient (Wildman–Crippen LogP) is 1.56. The second kappa shape index (κ2) is 2.64. The highest BCUT2D eigenvalue weighted by molar-refractivity contribution is 4.80. The minimum Gasteiger partial charge on any atom is -0.380 e. The van der Waals surface area contributed by atoms with Crippen molar-refractivity contribution in [1.29, 1.82) is 0 Å². The zero-order chi connectivity index (χ0) is 8.54. The molecule has 1 saturated heterocycles. The zero-order valence-corrected chi connectivity index (χ0v) is 6.07. The highest BCUT2D eigenvalue weighted by Crippen LogP contribution is 2.29. The SMILES string of the molecule is CC1(COC(F)(F)F)COC1. The van der Waals surface area contributed by atoms with Gasteiger partial charge in [0.25, 0.3) is 0 Å². The van der Waals surface area contributed by atoms with E-state index in [0.717, 1.165) is 0 Å². The lowest BCUT2D eigenvalue weighted by Crippen LogP contribution is -2.44. The summed E-state index contributed by atoms with van der Waals surface area (Å²) in [6, 6.07) is 0. The average Bonchev–Trinajstić information content (AvgIpc) is 1.77. The molecule has 1 aliphatic rings. The molecule has 0 aromatic rings. The summed E-state index contributed by atoms with van der Waals surface area (Å²) in [7, 11) is 0. The molecule has 0 atom stereocenters. The fraction of sp³-hybridized carbons (Fsp3) is 1.00. The van der Waals surface area contributed by atoms with Crippen molar-refractivity contribution in [2.75, 3.05) is 19.8 Å². The Morgan fingerprint density at radius 3 is 2.27 bits per heavy atom. The van der Waals surface area contributed by atoms with E-state index in [9.17, 15) is 13.2 Å². The Kier molecular flexibility index (Phi) is 2.11. The lowest BCUT2D eigenvalue weighted by molar-refractivity contribution is -0.342. The molecule has 0 bridgehead atoms. The molecule has 1 rings (SSSR count). The first kappa shape index (κ1) is 8.80. The lowest BCUT2D eigenvalue weighted by Gasteiger charge is -2.37. The van der Waals surface area contributed by atoms with E-state index in [1.807, 2.05) is 0 Å². The van der Waals surface area contributed by atoms with Crippen molar-refractivity contribution in [3.8, 4) is 0 Å². The molecular formula is C6H9F3O2. The number of ether oxygens (including phenoxy) is 2. The topological polar surface area (TPSA) is 18.5 Å². The van der Waals surface area contributed by atoms with Crippen LogP contribution in [0.5, 0.6) is 0 Å². The molecule has 1 aliphatic heterocycles. The van der Waals surface area contributed by atoms with Gasteiger partial charge in [-0.1, -0.05) is 6.92 Å². The lowest BCUT2D eigenvalue weighted by atomic mass is 9.90. The maximum Gasteiger partial charge on any atom is 0.522 e. The third-order valence-electron chi connectivity index (χ3n) is 1.49. The molecule has 11 heavy (non-hydrogen) atoms. The van der Waals surface area contributed by atoms with Crippen LogP contribution in [0.2, 0.25) is 0 Å². The van der Waals surface area contributed by atoms with E-state index in [4.69, 9.17) is 4.74 Å². The van der Waals surface area contributed by atoms with Gasteiger partial charge < -0.3 is 4.74 Å². The Bertz CT molecular complexity index is 139.